The van der Waals surface area contributed by atoms with Crippen molar-refractivity contribution in [3.05, 3.63) is 58.7 Å². The van der Waals surface area contributed by atoms with Gasteiger partial charge in [-0.25, -0.2) is 0 Å². The van der Waals surface area contributed by atoms with Crippen molar-refractivity contribution in [1.82, 2.24) is 10.2 Å². The standard InChI is InChI=1S/C26H36N2O4/c1-7-8-12-27-26(30)21(5)28(16-22-10-9-11-23(15-22)31-6)25(29)17-32-24-14-18(2)13-19(3)20(24)4/h9-11,13-15,21H,7-8,12,16-17H2,1-6H3,(H,27,30)/t21-/m1/s1. The molecule has 0 spiro atoms. The summed E-state index contributed by atoms with van der Waals surface area (Å²) in [5, 5.41) is 2.93. The average molecular weight is 441 g/mol. The number of ether oxygens (including phenoxy) is 2. The van der Waals surface area contributed by atoms with Crippen LogP contribution in [0.25, 0.3) is 0 Å². The second kappa shape index (κ2) is 12.1. The molecule has 6 heteroatoms. The molecule has 0 saturated carbocycles. The van der Waals surface area contributed by atoms with E-state index in [1.165, 1.54) is 0 Å². The molecule has 0 fully saturated rings. The third-order valence-corrected chi connectivity index (χ3v) is 5.60. The minimum Gasteiger partial charge on any atom is -0.497 e. The van der Waals surface area contributed by atoms with Gasteiger partial charge in [-0.1, -0.05) is 31.5 Å². The van der Waals surface area contributed by atoms with Gasteiger partial charge in [0.25, 0.3) is 5.91 Å². The Labute approximate surface area is 191 Å². The summed E-state index contributed by atoms with van der Waals surface area (Å²) in [6, 6.07) is 10.9. The lowest BCUT2D eigenvalue weighted by atomic mass is 10.1. The molecule has 2 amide bonds. The van der Waals surface area contributed by atoms with E-state index in [4.69, 9.17) is 9.47 Å². The topological polar surface area (TPSA) is 67.9 Å². The van der Waals surface area contributed by atoms with E-state index in [2.05, 4.69) is 18.3 Å². The third kappa shape index (κ3) is 7.01. The zero-order valence-corrected chi connectivity index (χ0v) is 20.2. The molecule has 0 aliphatic carbocycles. The molecule has 0 aliphatic rings. The van der Waals surface area contributed by atoms with Crippen LogP contribution in [0.15, 0.2) is 36.4 Å². The van der Waals surface area contributed by atoms with Crippen LogP contribution in [0.2, 0.25) is 0 Å². The number of nitrogens with one attached hydrogen (secondary N) is 1. The summed E-state index contributed by atoms with van der Waals surface area (Å²) in [6.07, 6.45) is 1.89. The Hall–Kier alpha value is -3.02. The molecule has 0 heterocycles. The van der Waals surface area contributed by atoms with Crippen LogP contribution >= 0.6 is 0 Å². The van der Waals surface area contributed by atoms with E-state index < -0.39 is 6.04 Å². The number of amides is 2. The van der Waals surface area contributed by atoms with Crippen LogP contribution in [0.4, 0.5) is 0 Å². The van der Waals surface area contributed by atoms with E-state index in [-0.39, 0.29) is 25.0 Å². The van der Waals surface area contributed by atoms with Gasteiger partial charge in [0.2, 0.25) is 5.91 Å². The third-order valence-electron chi connectivity index (χ3n) is 5.60. The van der Waals surface area contributed by atoms with Gasteiger partial charge in [0, 0.05) is 13.1 Å². The Balaban J connectivity index is 2.20. The van der Waals surface area contributed by atoms with Crippen LogP contribution in [0.3, 0.4) is 0 Å². The Morgan fingerprint density at radius 3 is 2.56 bits per heavy atom. The van der Waals surface area contributed by atoms with E-state index in [0.29, 0.717) is 18.0 Å². The first-order valence-corrected chi connectivity index (χ1v) is 11.2. The fourth-order valence-electron chi connectivity index (χ4n) is 3.46. The number of aryl methyl sites for hydroxylation is 2. The van der Waals surface area contributed by atoms with Crippen LogP contribution in [-0.2, 0) is 16.1 Å². The molecule has 32 heavy (non-hydrogen) atoms. The van der Waals surface area contributed by atoms with Crippen LogP contribution in [0, 0.1) is 20.8 Å². The van der Waals surface area contributed by atoms with Gasteiger partial charge in [-0.15, -0.1) is 0 Å². The summed E-state index contributed by atoms with van der Waals surface area (Å²) in [5.41, 5.74) is 4.08. The van der Waals surface area contributed by atoms with Gasteiger partial charge in [0.15, 0.2) is 6.61 Å². The predicted molar refractivity (Wildman–Crippen MR) is 127 cm³/mol. The minimum absolute atomic E-state index is 0.139. The number of methoxy groups -OCH3 is 1. The number of hydrogen-bond donors (Lipinski definition) is 1. The molecular formula is C26H36N2O4. The van der Waals surface area contributed by atoms with Crippen molar-refractivity contribution < 1.29 is 19.1 Å². The smallest absolute Gasteiger partial charge is 0.261 e. The molecule has 174 valence electrons. The maximum atomic E-state index is 13.2. The normalized spacial score (nSPS) is 11.6. The summed E-state index contributed by atoms with van der Waals surface area (Å²) in [5.74, 6) is 0.982. The lowest BCUT2D eigenvalue weighted by molar-refractivity contribution is -0.142. The van der Waals surface area contributed by atoms with Crippen LogP contribution in [-0.4, -0.2) is 43.0 Å². The van der Waals surface area contributed by atoms with E-state index in [1.807, 2.05) is 51.1 Å². The minimum atomic E-state index is -0.630. The van der Waals surface area contributed by atoms with Crippen LogP contribution in [0.1, 0.15) is 48.9 Å². The molecular weight excluding hydrogens is 404 g/mol. The number of carbonyl (C=O) groups excluding carboxylic acids is 2. The van der Waals surface area contributed by atoms with Crippen molar-refractivity contribution in [1.29, 1.82) is 0 Å². The Bertz CT molecular complexity index is 926. The van der Waals surface area contributed by atoms with Gasteiger partial charge in [-0.3, -0.25) is 9.59 Å². The highest BCUT2D eigenvalue weighted by molar-refractivity contribution is 5.88. The number of carbonyl (C=O) groups is 2. The zero-order valence-electron chi connectivity index (χ0n) is 20.2. The summed E-state index contributed by atoms with van der Waals surface area (Å²) in [6.45, 7) is 10.6. The lowest BCUT2D eigenvalue weighted by Crippen LogP contribution is -2.49. The van der Waals surface area contributed by atoms with Crippen molar-refractivity contribution in [2.75, 3.05) is 20.3 Å². The van der Waals surface area contributed by atoms with Crippen LogP contribution < -0.4 is 14.8 Å². The number of benzene rings is 2. The van der Waals surface area contributed by atoms with Gasteiger partial charge in [-0.2, -0.15) is 0 Å². The Kier molecular flexibility index (Phi) is 9.57. The molecule has 2 aromatic carbocycles. The number of hydrogen-bond acceptors (Lipinski definition) is 4. The molecule has 0 unspecified atom stereocenters. The SMILES string of the molecule is CCCCNC(=O)[C@@H](C)N(Cc1cccc(OC)c1)C(=O)COc1cc(C)cc(C)c1C. The lowest BCUT2D eigenvalue weighted by Gasteiger charge is -2.29. The predicted octanol–water partition coefficient (Wildman–Crippen LogP) is 4.33. The quantitative estimate of drug-likeness (QED) is 0.528. The van der Waals surface area contributed by atoms with E-state index in [0.717, 1.165) is 35.1 Å². The zero-order chi connectivity index (χ0) is 23.7. The Morgan fingerprint density at radius 2 is 1.88 bits per heavy atom. The van der Waals surface area contributed by atoms with Crippen molar-refractivity contribution in [3.63, 3.8) is 0 Å². The van der Waals surface area contributed by atoms with Crippen molar-refractivity contribution in [2.45, 2.75) is 60.0 Å². The molecule has 0 aliphatic heterocycles. The average Bonchev–Trinajstić information content (AvgIpc) is 2.78. The van der Waals surface area contributed by atoms with Gasteiger partial charge in [-0.05, 0) is 74.6 Å². The summed E-state index contributed by atoms with van der Waals surface area (Å²) in [7, 11) is 1.60. The maximum absolute atomic E-state index is 13.2. The molecule has 6 nitrogen and oxygen atoms in total. The first-order valence-electron chi connectivity index (χ1n) is 11.2. The molecule has 0 aromatic heterocycles. The molecule has 0 saturated heterocycles. The highest BCUT2D eigenvalue weighted by atomic mass is 16.5. The van der Waals surface area contributed by atoms with E-state index >= 15 is 0 Å². The summed E-state index contributed by atoms with van der Waals surface area (Å²) < 4.78 is 11.2. The van der Waals surface area contributed by atoms with Gasteiger partial charge in [0.1, 0.15) is 17.5 Å². The fourth-order valence-corrected chi connectivity index (χ4v) is 3.46. The molecule has 2 rings (SSSR count). The monoisotopic (exact) mass is 440 g/mol. The fraction of sp³-hybridized carbons (Fsp3) is 0.462. The largest absolute Gasteiger partial charge is 0.497 e. The molecule has 2 aromatic rings. The first-order chi connectivity index (χ1) is 15.3. The highest BCUT2D eigenvalue weighted by Gasteiger charge is 2.26. The number of rotatable bonds is 11. The second-order valence-corrected chi connectivity index (χ2v) is 8.19. The van der Waals surface area contributed by atoms with Crippen LogP contribution in [0.5, 0.6) is 11.5 Å². The first kappa shape index (κ1) is 25.2. The van der Waals surface area contributed by atoms with Crippen molar-refractivity contribution >= 4 is 11.8 Å². The van der Waals surface area contributed by atoms with Crippen molar-refractivity contribution in [3.8, 4) is 11.5 Å². The maximum Gasteiger partial charge on any atom is 0.261 e. The van der Waals surface area contributed by atoms with Gasteiger partial charge in [0.05, 0.1) is 7.11 Å². The van der Waals surface area contributed by atoms with E-state index in [9.17, 15) is 9.59 Å². The number of unbranched alkanes of at least 4 members (excludes halogenated alkanes) is 1. The molecule has 0 bridgehead atoms. The van der Waals surface area contributed by atoms with Gasteiger partial charge >= 0.3 is 0 Å². The Morgan fingerprint density at radius 1 is 1.12 bits per heavy atom. The summed E-state index contributed by atoms with van der Waals surface area (Å²) in [4.78, 5) is 27.5. The van der Waals surface area contributed by atoms with Gasteiger partial charge < -0.3 is 19.7 Å². The highest BCUT2D eigenvalue weighted by Crippen LogP contribution is 2.23. The van der Waals surface area contributed by atoms with Crippen molar-refractivity contribution in [2.24, 2.45) is 0 Å². The molecule has 0 radical (unpaired) electrons. The second-order valence-electron chi connectivity index (χ2n) is 8.19. The van der Waals surface area contributed by atoms with E-state index in [1.54, 1.807) is 18.9 Å². The summed E-state index contributed by atoms with van der Waals surface area (Å²) >= 11 is 0. The number of nitrogens with zero attached hydrogens (tertiary/aromatic N) is 1. The molecule has 1 atom stereocenters. The molecule has 1 N–H and O–H groups in total.